The quantitative estimate of drug-likeness (QED) is 0.781. The van der Waals surface area contributed by atoms with Gasteiger partial charge in [0.1, 0.15) is 11.6 Å². The van der Waals surface area contributed by atoms with Gasteiger partial charge in [0.2, 0.25) is 0 Å². The first-order valence-corrected chi connectivity index (χ1v) is 5.69. The van der Waals surface area contributed by atoms with Gasteiger partial charge in [-0.3, -0.25) is 0 Å². The van der Waals surface area contributed by atoms with E-state index in [1.807, 2.05) is 24.3 Å². The Morgan fingerprint density at radius 1 is 1.31 bits per heavy atom. The number of aromatic nitrogens is 2. The van der Waals surface area contributed by atoms with Crippen molar-refractivity contribution in [1.29, 1.82) is 0 Å². The molecule has 0 amide bonds. The predicted octanol–water partition coefficient (Wildman–Crippen LogP) is 2.86. The van der Waals surface area contributed by atoms with Crippen molar-refractivity contribution in [3.8, 4) is 0 Å². The number of unbranched alkanes of at least 4 members (excludes halogenated alkanes) is 1. The van der Waals surface area contributed by atoms with Crippen LogP contribution in [0.4, 0.5) is 0 Å². The predicted molar refractivity (Wildman–Crippen MR) is 64.3 cm³/mol. The number of rotatable bonds is 5. The molecule has 1 aromatic carbocycles. The summed E-state index contributed by atoms with van der Waals surface area (Å²) in [7, 11) is 0. The maximum Gasteiger partial charge on any atom is 0.129 e. The maximum atomic E-state index is 10.8. The first-order chi connectivity index (χ1) is 7.75. The van der Waals surface area contributed by atoms with Crippen molar-refractivity contribution < 1.29 is 4.79 Å². The van der Waals surface area contributed by atoms with Gasteiger partial charge < -0.3 is 9.78 Å². The standard InChI is InChI=1S/C13H16N2O/c1-10(16)6-2-5-9-13-14-11-7-3-4-8-12(11)15-13/h3-4,7-8H,2,5-6,9H2,1H3,(H,14,15). The molecule has 1 N–H and O–H groups in total. The van der Waals surface area contributed by atoms with Crippen molar-refractivity contribution in [1.82, 2.24) is 9.97 Å². The van der Waals surface area contributed by atoms with Gasteiger partial charge in [-0.25, -0.2) is 4.98 Å². The minimum atomic E-state index is 0.268. The SMILES string of the molecule is CC(=O)CCCCc1nc2ccccc2[nH]1. The number of carbonyl (C=O) groups is 1. The van der Waals surface area contributed by atoms with Gasteiger partial charge in [0, 0.05) is 12.8 Å². The van der Waals surface area contributed by atoms with Crippen LogP contribution in [0.15, 0.2) is 24.3 Å². The van der Waals surface area contributed by atoms with Crippen molar-refractivity contribution in [2.75, 3.05) is 0 Å². The number of aromatic amines is 1. The van der Waals surface area contributed by atoms with Gasteiger partial charge in [0.05, 0.1) is 11.0 Å². The third-order valence-corrected chi connectivity index (χ3v) is 2.63. The Hall–Kier alpha value is -1.64. The fourth-order valence-corrected chi connectivity index (χ4v) is 1.79. The average Bonchev–Trinajstić information content (AvgIpc) is 2.66. The minimum Gasteiger partial charge on any atom is -0.342 e. The lowest BCUT2D eigenvalue weighted by atomic mass is 10.1. The second-order valence-electron chi connectivity index (χ2n) is 4.11. The number of aryl methyl sites for hydroxylation is 1. The van der Waals surface area contributed by atoms with Gasteiger partial charge in [-0.2, -0.15) is 0 Å². The van der Waals surface area contributed by atoms with E-state index >= 15 is 0 Å². The Balaban J connectivity index is 1.92. The van der Waals surface area contributed by atoms with Gasteiger partial charge in [-0.05, 0) is 31.9 Å². The number of nitrogens with one attached hydrogen (secondary N) is 1. The van der Waals surface area contributed by atoms with E-state index in [4.69, 9.17) is 0 Å². The Morgan fingerprint density at radius 2 is 2.12 bits per heavy atom. The molecule has 3 nitrogen and oxygen atoms in total. The molecule has 0 aliphatic heterocycles. The number of H-pyrrole nitrogens is 1. The molecule has 1 heterocycles. The number of benzene rings is 1. The molecule has 3 heteroatoms. The molecule has 1 aromatic heterocycles. The average molecular weight is 216 g/mol. The molecule has 0 aliphatic carbocycles. The van der Waals surface area contributed by atoms with Crippen molar-refractivity contribution in [3.05, 3.63) is 30.1 Å². The molecule has 0 saturated carbocycles. The molecule has 0 unspecified atom stereocenters. The molecular weight excluding hydrogens is 200 g/mol. The van der Waals surface area contributed by atoms with E-state index in [1.54, 1.807) is 6.92 Å². The molecule has 2 rings (SSSR count). The number of nitrogens with zero attached hydrogens (tertiary/aromatic N) is 1. The molecular formula is C13H16N2O. The first-order valence-electron chi connectivity index (χ1n) is 5.69. The topological polar surface area (TPSA) is 45.8 Å². The zero-order valence-electron chi connectivity index (χ0n) is 9.49. The highest BCUT2D eigenvalue weighted by Gasteiger charge is 2.01. The third-order valence-electron chi connectivity index (χ3n) is 2.63. The highest BCUT2D eigenvalue weighted by molar-refractivity contribution is 5.75. The molecule has 0 radical (unpaired) electrons. The van der Waals surface area contributed by atoms with Crippen LogP contribution in [0.25, 0.3) is 11.0 Å². The van der Waals surface area contributed by atoms with Gasteiger partial charge in [-0.1, -0.05) is 12.1 Å². The van der Waals surface area contributed by atoms with Gasteiger partial charge >= 0.3 is 0 Å². The third kappa shape index (κ3) is 2.69. The van der Waals surface area contributed by atoms with E-state index in [0.29, 0.717) is 6.42 Å². The summed E-state index contributed by atoms with van der Waals surface area (Å²) in [6.07, 6.45) is 3.56. The molecule has 0 fully saturated rings. The normalized spacial score (nSPS) is 10.8. The fraction of sp³-hybridized carbons (Fsp3) is 0.385. The number of Topliss-reactive ketones (excluding diaryl/α,β-unsaturated/α-hetero) is 1. The second-order valence-corrected chi connectivity index (χ2v) is 4.11. The van der Waals surface area contributed by atoms with Crippen molar-refractivity contribution >= 4 is 16.8 Å². The number of ketones is 1. The number of carbonyl (C=O) groups excluding carboxylic acids is 1. The molecule has 84 valence electrons. The van der Waals surface area contributed by atoms with E-state index in [9.17, 15) is 4.79 Å². The summed E-state index contributed by atoms with van der Waals surface area (Å²) in [6, 6.07) is 8.02. The zero-order valence-corrected chi connectivity index (χ0v) is 9.49. The molecule has 0 spiro atoms. The lowest BCUT2D eigenvalue weighted by Gasteiger charge is -1.95. The second kappa shape index (κ2) is 4.92. The first kappa shape index (κ1) is 10.9. The number of hydrogen-bond donors (Lipinski definition) is 1. The van der Waals surface area contributed by atoms with Crippen LogP contribution < -0.4 is 0 Å². The maximum absolute atomic E-state index is 10.8. The van der Waals surface area contributed by atoms with Gasteiger partial charge in [0.25, 0.3) is 0 Å². The summed E-state index contributed by atoms with van der Waals surface area (Å²) in [5.41, 5.74) is 2.10. The molecule has 0 bridgehead atoms. The van der Waals surface area contributed by atoms with Crippen molar-refractivity contribution in [2.24, 2.45) is 0 Å². The van der Waals surface area contributed by atoms with E-state index in [1.165, 1.54) is 0 Å². The summed E-state index contributed by atoms with van der Waals surface area (Å²) in [5.74, 6) is 1.29. The van der Waals surface area contributed by atoms with E-state index in [0.717, 1.165) is 36.1 Å². The molecule has 0 aliphatic rings. The van der Waals surface area contributed by atoms with Crippen LogP contribution in [0, 0.1) is 0 Å². The number of hydrogen-bond acceptors (Lipinski definition) is 2. The number of imidazole rings is 1. The Morgan fingerprint density at radius 3 is 2.88 bits per heavy atom. The van der Waals surface area contributed by atoms with Crippen LogP contribution in [-0.4, -0.2) is 15.8 Å². The van der Waals surface area contributed by atoms with Crippen LogP contribution in [-0.2, 0) is 11.2 Å². The van der Waals surface area contributed by atoms with Crippen LogP contribution in [0.2, 0.25) is 0 Å². The molecule has 16 heavy (non-hydrogen) atoms. The van der Waals surface area contributed by atoms with E-state index < -0.39 is 0 Å². The molecule has 0 atom stereocenters. The minimum absolute atomic E-state index is 0.268. The monoisotopic (exact) mass is 216 g/mol. The lowest BCUT2D eigenvalue weighted by Crippen LogP contribution is -1.92. The highest BCUT2D eigenvalue weighted by atomic mass is 16.1. The van der Waals surface area contributed by atoms with Gasteiger partial charge in [-0.15, -0.1) is 0 Å². The Bertz CT molecular complexity index is 454. The highest BCUT2D eigenvalue weighted by Crippen LogP contribution is 2.12. The van der Waals surface area contributed by atoms with Crippen molar-refractivity contribution in [3.63, 3.8) is 0 Å². The Labute approximate surface area is 94.9 Å². The molecule has 2 aromatic rings. The summed E-state index contributed by atoms with van der Waals surface area (Å²) < 4.78 is 0. The molecule has 0 saturated heterocycles. The largest absolute Gasteiger partial charge is 0.342 e. The van der Waals surface area contributed by atoms with Crippen LogP contribution >= 0.6 is 0 Å². The lowest BCUT2D eigenvalue weighted by molar-refractivity contribution is -0.117. The van der Waals surface area contributed by atoms with E-state index in [-0.39, 0.29) is 5.78 Å². The van der Waals surface area contributed by atoms with Gasteiger partial charge in [0.15, 0.2) is 0 Å². The summed E-state index contributed by atoms with van der Waals surface area (Å²) in [5, 5.41) is 0. The summed E-state index contributed by atoms with van der Waals surface area (Å²) in [4.78, 5) is 18.5. The Kier molecular flexibility index (Phi) is 3.34. The number of para-hydroxylation sites is 2. The smallest absolute Gasteiger partial charge is 0.129 e. The van der Waals surface area contributed by atoms with Crippen molar-refractivity contribution in [2.45, 2.75) is 32.6 Å². The fourth-order valence-electron chi connectivity index (χ4n) is 1.79. The van der Waals surface area contributed by atoms with E-state index in [2.05, 4.69) is 9.97 Å². The zero-order chi connectivity index (χ0) is 11.4. The van der Waals surface area contributed by atoms with Crippen LogP contribution in [0.1, 0.15) is 32.0 Å². The summed E-state index contributed by atoms with van der Waals surface area (Å²) >= 11 is 0. The van der Waals surface area contributed by atoms with Crippen LogP contribution in [0.5, 0.6) is 0 Å². The van der Waals surface area contributed by atoms with Crippen LogP contribution in [0.3, 0.4) is 0 Å². The number of fused-ring (bicyclic) bond motifs is 1. The summed E-state index contributed by atoms with van der Waals surface area (Å²) in [6.45, 7) is 1.64.